The SMILES string of the molecule is [CH2-]N1CCc2cccc(N3CCN(C)CC3)c2C1.[Y]. The van der Waals surface area contributed by atoms with Gasteiger partial charge in [-0.1, -0.05) is 12.1 Å². The van der Waals surface area contributed by atoms with Gasteiger partial charge in [-0.3, -0.25) is 7.05 Å². The van der Waals surface area contributed by atoms with Gasteiger partial charge in [0.2, 0.25) is 0 Å². The quantitative estimate of drug-likeness (QED) is 0.723. The van der Waals surface area contributed by atoms with Gasteiger partial charge in [-0.2, -0.15) is 0 Å². The molecule has 101 valence electrons. The molecule has 1 aromatic carbocycles. The van der Waals surface area contributed by atoms with Gasteiger partial charge in [-0.25, -0.2) is 0 Å². The molecule has 0 N–H and O–H groups in total. The van der Waals surface area contributed by atoms with Crippen LogP contribution in [0.4, 0.5) is 5.69 Å². The van der Waals surface area contributed by atoms with E-state index in [9.17, 15) is 0 Å². The first-order valence-corrected chi connectivity index (χ1v) is 6.84. The van der Waals surface area contributed by atoms with Crippen LogP contribution in [0.1, 0.15) is 11.1 Å². The van der Waals surface area contributed by atoms with Gasteiger partial charge < -0.3 is 14.7 Å². The second kappa shape index (κ2) is 6.66. The molecule has 1 aromatic rings. The minimum Gasteiger partial charge on any atom is -0.455 e. The van der Waals surface area contributed by atoms with E-state index in [0.717, 1.165) is 45.7 Å². The Balaban J connectivity index is 0.00000133. The van der Waals surface area contributed by atoms with Crippen molar-refractivity contribution in [2.45, 2.75) is 13.0 Å². The van der Waals surface area contributed by atoms with Gasteiger partial charge in [-0.05, 0) is 43.8 Å². The van der Waals surface area contributed by atoms with Crippen molar-refractivity contribution in [3.05, 3.63) is 36.4 Å². The van der Waals surface area contributed by atoms with Crippen LogP contribution in [-0.2, 0) is 45.7 Å². The van der Waals surface area contributed by atoms with Crippen molar-refractivity contribution in [1.82, 2.24) is 9.80 Å². The number of likely N-dealkylation sites (N-methyl/N-ethyl adjacent to an activating group) is 1. The van der Waals surface area contributed by atoms with Crippen LogP contribution in [0.5, 0.6) is 0 Å². The average Bonchev–Trinajstić information content (AvgIpc) is 2.39. The van der Waals surface area contributed by atoms with Crippen molar-refractivity contribution in [2.24, 2.45) is 0 Å². The molecule has 3 rings (SSSR count). The zero-order valence-electron chi connectivity index (χ0n) is 11.8. The number of fused-ring (bicyclic) bond motifs is 1. The third kappa shape index (κ3) is 3.38. The molecule has 0 atom stereocenters. The Hall–Kier alpha value is 0.0439. The van der Waals surface area contributed by atoms with Crippen LogP contribution in [0, 0.1) is 7.05 Å². The first kappa shape index (κ1) is 15.4. The molecule has 3 nitrogen and oxygen atoms in total. The van der Waals surface area contributed by atoms with Crippen molar-refractivity contribution in [3.8, 4) is 0 Å². The molecule has 0 unspecified atom stereocenters. The zero-order valence-corrected chi connectivity index (χ0v) is 14.6. The molecule has 2 aliphatic rings. The molecule has 2 aliphatic heterocycles. The summed E-state index contributed by atoms with van der Waals surface area (Å²) in [6.45, 7) is 6.70. The average molecular weight is 333 g/mol. The Morgan fingerprint density at radius 2 is 1.79 bits per heavy atom. The fourth-order valence-corrected chi connectivity index (χ4v) is 2.96. The Kier molecular flexibility index (Phi) is 5.41. The summed E-state index contributed by atoms with van der Waals surface area (Å²) in [5.74, 6) is 0. The van der Waals surface area contributed by atoms with E-state index >= 15 is 0 Å². The molecule has 1 fully saturated rings. The second-order valence-corrected chi connectivity index (χ2v) is 5.51. The summed E-state index contributed by atoms with van der Waals surface area (Å²) in [4.78, 5) is 7.12. The number of hydrogen-bond donors (Lipinski definition) is 0. The van der Waals surface area contributed by atoms with Crippen LogP contribution in [0.15, 0.2) is 18.2 Å². The number of hydrogen-bond acceptors (Lipinski definition) is 3. The molecule has 0 aromatic heterocycles. The van der Waals surface area contributed by atoms with Crippen molar-refractivity contribution >= 4 is 5.69 Å². The van der Waals surface area contributed by atoms with Gasteiger partial charge in [0.05, 0.1) is 0 Å². The molecule has 1 radical (unpaired) electrons. The van der Waals surface area contributed by atoms with Gasteiger partial charge in [0.15, 0.2) is 0 Å². The van der Waals surface area contributed by atoms with E-state index in [1.165, 1.54) is 16.8 Å². The Labute approximate surface area is 141 Å². The molecular formula is C15H22N3Y-. The maximum atomic E-state index is 4.10. The molecule has 2 heterocycles. The topological polar surface area (TPSA) is 9.72 Å². The van der Waals surface area contributed by atoms with E-state index in [0.29, 0.717) is 0 Å². The third-order valence-corrected chi connectivity index (χ3v) is 4.17. The number of benzene rings is 1. The van der Waals surface area contributed by atoms with Crippen molar-refractivity contribution < 1.29 is 32.7 Å². The van der Waals surface area contributed by atoms with Crippen molar-refractivity contribution in [1.29, 1.82) is 0 Å². The number of anilines is 1. The van der Waals surface area contributed by atoms with Crippen LogP contribution in [0.2, 0.25) is 0 Å². The zero-order chi connectivity index (χ0) is 12.5. The van der Waals surface area contributed by atoms with Crippen molar-refractivity contribution in [2.75, 3.05) is 44.7 Å². The summed E-state index contributed by atoms with van der Waals surface area (Å²) < 4.78 is 0. The van der Waals surface area contributed by atoms with E-state index in [-0.39, 0.29) is 32.7 Å². The summed E-state index contributed by atoms with van der Waals surface area (Å²) in [5, 5.41) is 0. The van der Waals surface area contributed by atoms with E-state index in [4.69, 9.17) is 0 Å². The number of nitrogens with zero attached hydrogens (tertiary/aromatic N) is 3. The standard InChI is InChI=1S/C15H22N3.Y/c1-16-8-10-18(11-9-16)15-5-3-4-13-6-7-17(2)12-14(13)15;/h3-5H,2,6-12H2,1H3;/q-1;. The summed E-state index contributed by atoms with van der Waals surface area (Å²) in [7, 11) is 6.31. The Morgan fingerprint density at radius 1 is 1.05 bits per heavy atom. The molecule has 0 amide bonds. The second-order valence-electron chi connectivity index (χ2n) is 5.51. The summed E-state index contributed by atoms with van der Waals surface area (Å²) in [5.41, 5.74) is 4.46. The summed E-state index contributed by atoms with van der Waals surface area (Å²) in [6, 6.07) is 6.77. The fourth-order valence-electron chi connectivity index (χ4n) is 2.96. The van der Waals surface area contributed by atoms with Gasteiger partial charge >= 0.3 is 0 Å². The summed E-state index contributed by atoms with van der Waals surface area (Å²) >= 11 is 0. The molecular weight excluding hydrogens is 311 g/mol. The van der Waals surface area contributed by atoms with Gasteiger partial charge in [0.25, 0.3) is 0 Å². The minimum atomic E-state index is 0. The van der Waals surface area contributed by atoms with Gasteiger partial charge in [0.1, 0.15) is 0 Å². The molecule has 0 spiro atoms. The van der Waals surface area contributed by atoms with Crippen LogP contribution in [0.25, 0.3) is 0 Å². The van der Waals surface area contributed by atoms with Crippen LogP contribution < -0.4 is 4.90 Å². The van der Waals surface area contributed by atoms with E-state index < -0.39 is 0 Å². The predicted molar refractivity (Wildman–Crippen MR) is 75.6 cm³/mol. The molecule has 1 saturated heterocycles. The normalized spacial score (nSPS) is 20.8. The molecule has 19 heavy (non-hydrogen) atoms. The Morgan fingerprint density at radius 3 is 2.53 bits per heavy atom. The van der Waals surface area contributed by atoms with Crippen molar-refractivity contribution in [3.63, 3.8) is 0 Å². The monoisotopic (exact) mass is 333 g/mol. The fraction of sp³-hybridized carbons (Fsp3) is 0.533. The summed E-state index contributed by atoms with van der Waals surface area (Å²) in [6.07, 6.45) is 1.14. The largest absolute Gasteiger partial charge is 0.455 e. The van der Waals surface area contributed by atoms with E-state index in [1.807, 2.05) is 0 Å². The molecule has 0 saturated carbocycles. The Bertz CT molecular complexity index is 427. The van der Waals surface area contributed by atoms with Crippen LogP contribution in [-0.4, -0.2) is 49.6 Å². The molecule has 0 bridgehead atoms. The molecule has 0 aliphatic carbocycles. The van der Waals surface area contributed by atoms with Crippen LogP contribution in [0.3, 0.4) is 0 Å². The van der Waals surface area contributed by atoms with Gasteiger partial charge in [0, 0.05) is 64.6 Å². The minimum absolute atomic E-state index is 0. The number of piperazine rings is 1. The first-order chi connectivity index (χ1) is 8.74. The van der Waals surface area contributed by atoms with E-state index in [1.54, 1.807) is 0 Å². The van der Waals surface area contributed by atoms with Crippen LogP contribution >= 0.6 is 0 Å². The maximum absolute atomic E-state index is 4.10. The third-order valence-electron chi connectivity index (χ3n) is 4.17. The smallest absolute Gasteiger partial charge is 0.0414 e. The first-order valence-electron chi connectivity index (χ1n) is 6.84. The number of rotatable bonds is 1. The predicted octanol–water partition coefficient (Wildman–Crippen LogP) is 1.59. The molecule has 4 heteroatoms. The van der Waals surface area contributed by atoms with E-state index in [2.05, 4.69) is 47.0 Å². The van der Waals surface area contributed by atoms with Gasteiger partial charge in [-0.15, -0.1) is 0 Å². The maximum Gasteiger partial charge on any atom is 0.0414 e.